The molecule has 0 aliphatic rings. The fraction of sp³-hybridized carbons (Fsp3) is 0.643. The molecule has 0 fully saturated rings. The van der Waals surface area contributed by atoms with Gasteiger partial charge in [0.2, 0.25) is 0 Å². The molecule has 0 spiro atoms. The predicted molar refractivity (Wildman–Crippen MR) is 89.5 cm³/mol. The van der Waals surface area contributed by atoms with Gasteiger partial charge in [0.05, 0.1) is 18.8 Å². The maximum absolute atomic E-state index is 11.7. The van der Waals surface area contributed by atoms with E-state index in [4.69, 9.17) is 15.3 Å². The molecule has 0 saturated heterocycles. The molecule has 3 N–H and O–H groups in total. The number of hydrogen-bond donors (Lipinski definition) is 3. The summed E-state index contributed by atoms with van der Waals surface area (Å²) < 4.78 is 0. The molecule has 8 nitrogen and oxygen atoms in total. The van der Waals surface area contributed by atoms with E-state index in [-0.39, 0.29) is 36.6 Å². The van der Waals surface area contributed by atoms with Crippen LogP contribution in [-0.4, -0.2) is 67.8 Å². The van der Waals surface area contributed by atoms with E-state index in [1.54, 1.807) is 0 Å². The van der Waals surface area contributed by atoms with Gasteiger partial charge in [-0.3, -0.25) is 24.0 Å². The molecule has 0 aliphatic heterocycles. The Hall–Kier alpha value is -1.55. The fourth-order valence-electron chi connectivity index (χ4n) is 1.78. The molecule has 2 unspecified atom stereocenters. The van der Waals surface area contributed by atoms with Crippen molar-refractivity contribution in [3.63, 3.8) is 0 Å². The average molecular weight is 380 g/mol. The lowest BCUT2D eigenvalue weighted by molar-refractivity contribution is -0.151. The third kappa shape index (κ3) is 9.56. The first-order chi connectivity index (χ1) is 11.2. The van der Waals surface area contributed by atoms with Crippen LogP contribution in [0.5, 0.6) is 0 Å². The van der Waals surface area contributed by atoms with Gasteiger partial charge in [-0.1, -0.05) is 0 Å². The number of ketones is 2. The lowest BCUT2D eigenvalue weighted by Crippen LogP contribution is -2.34. The van der Waals surface area contributed by atoms with Crippen LogP contribution in [0.15, 0.2) is 0 Å². The Labute approximate surface area is 147 Å². The van der Waals surface area contributed by atoms with Crippen molar-refractivity contribution in [3.05, 3.63) is 0 Å². The summed E-state index contributed by atoms with van der Waals surface area (Å²) in [5.41, 5.74) is 0. The van der Waals surface area contributed by atoms with Gasteiger partial charge in [0, 0.05) is 18.6 Å². The molecule has 0 rings (SSSR count). The van der Waals surface area contributed by atoms with Crippen LogP contribution in [0.1, 0.15) is 25.7 Å². The van der Waals surface area contributed by atoms with E-state index in [0.717, 1.165) is 0 Å². The van der Waals surface area contributed by atoms with E-state index in [9.17, 15) is 24.0 Å². The van der Waals surface area contributed by atoms with E-state index >= 15 is 0 Å². The Balaban J connectivity index is 4.51. The van der Waals surface area contributed by atoms with Crippen molar-refractivity contribution in [3.8, 4) is 0 Å². The lowest BCUT2D eigenvalue weighted by Gasteiger charge is -2.18. The van der Waals surface area contributed by atoms with Crippen LogP contribution in [0.2, 0.25) is 0 Å². The second kappa shape index (κ2) is 11.9. The molecular weight excluding hydrogens is 360 g/mol. The van der Waals surface area contributed by atoms with E-state index in [2.05, 4.69) is 0 Å². The number of carbonyl (C=O) groups is 5. The van der Waals surface area contributed by atoms with Gasteiger partial charge >= 0.3 is 17.9 Å². The fourth-order valence-corrected chi connectivity index (χ4v) is 3.40. The summed E-state index contributed by atoms with van der Waals surface area (Å²) in [6, 6.07) is 0. The van der Waals surface area contributed by atoms with Crippen molar-refractivity contribution in [1.82, 2.24) is 0 Å². The highest BCUT2D eigenvalue weighted by molar-refractivity contribution is 8.00. The average Bonchev–Trinajstić information content (AvgIpc) is 2.46. The normalized spacial score (nSPS) is 13.0. The quantitative estimate of drug-likeness (QED) is 0.373. The molecule has 0 amide bonds. The van der Waals surface area contributed by atoms with E-state index in [1.165, 1.54) is 11.8 Å². The van der Waals surface area contributed by atoms with Gasteiger partial charge in [-0.2, -0.15) is 11.8 Å². The minimum absolute atomic E-state index is 0.00894. The van der Waals surface area contributed by atoms with Crippen LogP contribution in [-0.2, 0) is 24.0 Å². The molecule has 0 heterocycles. The summed E-state index contributed by atoms with van der Waals surface area (Å²) in [6.45, 7) is 0. The number of carbonyl (C=O) groups excluding carboxylic acids is 2. The zero-order valence-corrected chi connectivity index (χ0v) is 14.7. The third-order valence-electron chi connectivity index (χ3n) is 2.98. The van der Waals surface area contributed by atoms with Crippen LogP contribution in [0, 0.1) is 5.92 Å². The summed E-state index contributed by atoms with van der Waals surface area (Å²) in [6.07, 6.45) is 1.01. The van der Waals surface area contributed by atoms with Crippen molar-refractivity contribution in [1.29, 1.82) is 0 Å². The largest absolute Gasteiger partial charge is 0.481 e. The minimum atomic E-state index is -1.59. The standard InChI is InChI=1S/C14H20O8S2/c1-23-4-2-8(15)6-9(16)3-5-24-12(14(21)22)10(13(19)20)7-11(17)18/h10,12H,2-7H2,1H3,(H,17,18)(H,19,20)(H,21,22). The summed E-state index contributed by atoms with van der Waals surface area (Å²) in [5, 5.41) is 25.3. The number of hydrogen-bond acceptors (Lipinski definition) is 7. The molecule has 24 heavy (non-hydrogen) atoms. The number of carboxylic acids is 3. The van der Waals surface area contributed by atoms with E-state index in [1.807, 2.05) is 6.26 Å². The topological polar surface area (TPSA) is 146 Å². The van der Waals surface area contributed by atoms with Gasteiger partial charge in [-0.25, -0.2) is 0 Å². The Kier molecular flexibility index (Phi) is 11.1. The number of rotatable bonds is 14. The molecule has 0 aromatic heterocycles. The molecule has 0 aromatic carbocycles. The Morgan fingerprint density at radius 1 is 0.875 bits per heavy atom. The molecule has 0 aliphatic carbocycles. The van der Waals surface area contributed by atoms with E-state index in [0.29, 0.717) is 17.5 Å². The molecule has 2 atom stereocenters. The molecule has 136 valence electrons. The molecule has 0 radical (unpaired) electrons. The second-order valence-corrected chi connectivity index (χ2v) is 7.15. The van der Waals surface area contributed by atoms with Crippen molar-refractivity contribution < 1.29 is 39.3 Å². The number of thioether (sulfide) groups is 2. The first-order valence-corrected chi connectivity index (χ1v) is 9.44. The zero-order chi connectivity index (χ0) is 18.7. The van der Waals surface area contributed by atoms with Gasteiger partial charge in [0.1, 0.15) is 16.8 Å². The van der Waals surface area contributed by atoms with Gasteiger partial charge in [0.25, 0.3) is 0 Å². The van der Waals surface area contributed by atoms with Crippen molar-refractivity contribution in [2.24, 2.45) is 5.92 Å². The third-order valence-corrected chi connectivity index (χ3v) is 4.92. The number of carboxylic acid groups (broad SMARTS) is 3. The summed E-state index contributed by atoms with van der Waals surface area (Å²) in [5.74, 6) is -5.88. The number of aliphatic carboxylic acids is 3. The minimum Gasteiger partial charge on any atom is -0.481 e. The number of Topliss-reactive ketones (excluding diaryl/α,β-unsaturated/α-hetero) is 2. The molecular formula is C14H20O8S2. The van der Waals surface area contributed by atoms with Gasteiger partial charge < -0.3 is 15.3 Å². The first-order valence-electron chi connectivity index (χ1n) is 7.00. The van der Waals surface area contributed by atoms with Crippen molar-refractivity contribution in [2.45, 2.75) is 30.9 Å². The summed E-state index contributed by atoms with van der Waals surface area (Å²) in [7, 11) is 0. The molecule has 0 bridgehead atoms. The van der Waals surface area contributed by atoms with Crippen molar-refractivity contribution >= 4 is 53.0 Å². The molecule has 0 saturated carbocycles. The van der Waals surface area contributed by atoms with Crippen LogP contribution < -0.4 is 0 Å². The summed E-state index contributed by atoms with van der Waals surface area (Å²) >= 11 is 2.19. The highest BCUT2D eigenvalue weighted by atomic mass is 32.2. The van der Waals surface area contributed by atoms with Crippen LogP contribution in [0.25, 0.3) is 0 Å². The highest BCUT2D eigenvalue weighted by Gasteiger charge is 2.35. The Morgan fingerprint density at radius 2 is 1.42 bits per heavy atom. The Bertz CT molecular complexity index is 491. The monoisotopic (exact) mass is 380 g/mol. The van der Waals surface area contributed by atoms with Gasteiger partial charge in [-0.15, -0.1) is 11.8 Å². The van der Waals surface area contributed by atoms with Gasteiger partial charge in [0.15, 0.2) is 0 Å². The van der Waals surface area contributed by atoms with Crippen LogP contribution in [0.3, 0.4) is 0 Å². The second-order valence-electron chi connectivity index (χ2n) is 4.92. The molecule has 10 heteroatoms. The first kappa shape index (κ1) is 22.4. The van der Waals surface area contributed by atoms with Crippen LogP contribution >= 0.6 is 23.5 Å². The smallest absolute Gasteiger partial charge is 0.317 e. The highest BCUT2D eigenvalue weighted by Crippen LogP contribution is 2.24. The SMILES string of the molecule is CSCCC(=O)CC(=O)CCSC(C(=O)O)C(CC(=O)O)C(=O)O. The van der Waals surface area contributed by atoms with E-state index < -0.39 is 35.5 Å². The van der Waals surface area contributed by atoms with Crippen LogP contribution in [0.4, 0.5) is 0 Å². The maximum atomic E-state index is 11.7. The zero-order valence-electron chi connectivity index (χ0n) is 13.1. The van der Waals surface area contributed by atoms with Gasteiger partial charge in [-0.05, 0) is 12.0 Å². The lowest BCUT2D eigenvalue weighted by atomic mass is 10.0. The molecule has 0 aromatic rings. The van der Waals surface area contributed by atoms with Crippen molar-refractivity contribution in [2.75, 3.05) is 17.8 Å². The maximum Gasteiger partial charge on any atom is 0.317 e. The Morgan fingerprint density at radius 3 is 1.83 bits per heavy atom. The predicted octanol–water partition coefficient (Wildman–Crippen LogP) is 1.02. The summed E-state index contributed by atoms with van der Waals surface area (Å²) in [4.78, 5) is 56.0.